The van der Waals surface area contributed by atoms with Crippen LogP contribution in [0.3, 0.4) is 0 Å². The van der Waals surface area contributed by atoms with Gasteiger partial charge in [0, 0.05) is 6.20 Å². The van der Waals surface area contributed by atoms with Crippen LogP contribution in [0.2, 0.25) is 4.71 Å². The number of aromatic amines is 1. The van der Waals surface area contributed by atoms with Crippen LogP contribution in [0, 0.1) is 0 Å². The van der Waals surface area contributed by atoms with E-state index < -0.39 is 39.0 Å². The van der Waals surface area contributed by atoms with Crippen molar-refractivity contribution in [1.29, 1.82) is 0 Å². The molecular formula is C29H31AsF3N4O3. The number of H-pyrrole nitrogens is 1. The van der Waals surface area contributed by atoms with Crippen LogP contribution in [-0.2, 0) is 16.6 Å². The summed E-state index contributed by atoms with van der Waals surface area (Å²) >= 11 is -0.656. The zero-order valence-electron chi connectivity index (χ0n) is 21.8. The van der Waals surface area contributed by atoms with E-state index in [1.807, 2.05) is 30.5 Å². The molecular weight excluding hydrogens is 584 g/mol. The third-order valence-corrected chi connectivity index (χ3v) is 10.5. The van der Waals surface area contributed by atoms with Gasteiger partial charge in [0.05, 0.1) is 6.20 Å². The predicted octanol–water partition coefficient (Wildman–Crippen LogP) is 4.38. The van der Waals surface area contributed by atoms with E-state index in [1.165, 1.54) is 12.1 Å². The van der Waals surface area contributed by atoms with Crippen molar-refractivity contribution in [2.45, 2.75) is 54.6 Å². The van der Waals surface area contributed by atoms with Crippen molar-refractivity contribution >= 4 is 26.2 Å². The molecule has 7 nitrogen and oxygen atoms in total. The van der Waals surface area contributed by atoms with Crippen molar-refractivity contribution in [2.24, 2.45) is 0 Å². The van der Waals surface area contributed by atoms with E-state index in [-0.39, 0.29) is 21.4 Å². The number of likely N-dealkylation sites (tertiary alicyclic amines) is 1. The Morgan fingerprint density at radius 1 is 1.10 bits per heavy atom. The monoisotopic (exact) mass is 615 g/mol. The molecule has 3 aromatic rings. The Morgan fingerprint density at radius 2 is 1.85 bits per heavy atom. The number of aliphatic hydroxyl groups is 1. The van der Waals surface area contributed by atoms with Gasteiger partial charge < -0.3 is 0 Å². The third-order valence-electron chi connectivity index (χ3n) is 7.93. The summed E-state index contributed by atoms with van der Waals surface area (Å²) in [5, 5.41) is 20.6. The average Bonchev–Trinajstić information content (AvgIpc) is 3.65. The van der Waals surface area contributed by atoms with Crippen molar-refractivity contribution in [1.82, 2.24) is 20.4 Å². The van der Waals surface area contributed by atoms with E-state index in [9.17, 15) is 27.9 Å². The van der Waals surface area contributed by atoms with Gasteiger partial charge >= 0.3 is 215 Å². The first kappa shape index (κ1) is 28.6. The number of halogens is 3. The fourth-order valence-corrected chi connectivity index (χ4v) is 8.00. The summed E-state index contributed by atoms with van der Waals surface area (Å²) in [5.74, 6) is -0.681. The third kappa shape index (κ3) is 6.67. The molecule has 0 bridgehead atoms. The van der Waals surface area contributed by atoms with Gasteiger partial charge in [-0.3, -0.25) is 5.10 Å². The molecule has 3 N–H and O–H groups in total. The summed E-state index contributed by atoms with van der Waals surface area (Å²) in [5.41, 5.74) is 1.13. The van der Waals surface area contributed by atoms with Crippen LogP contribution < -0.4 is 5.32 Å². The van der Waals surface area contributed by atoms with E-state index in [1.54, 1.807) is 6.20 Å². The number of nitrogens with zero attached hydrogens (tertiary/aromatic N) is 2. The number of alkyl halides is 3. The molecule has 1 aromatic heterocycles. The van der Waals surface area contributed by atoms with E-state index >= 15 is 0 Å². The molecule has 2 heterocycles. The molecule has 1 unspecified atom stereocenters. The molecule has 1 radical (unpaired) electrons. The minimum atomic E-state index is -4.53. The van der Waals surface area contributed by atoms with E-state index in [4.69, 9.17) is 0 Å². The van der Waals surface area contributed by atoms with E-state index in [0.717, 1.165) is 61.2 Å². The van der Waals surface area contributed by atoms with Crippen LogP contribution in [0.15, 0.2) is 60.9 Å². The Labute approximate surface area is 237 Å². The molecule has 11 heteroatoms. The van der Waals surface area contributed by atoms with Crippen LogP contribution in [0.4, 0.5) is 13.2 Å². The second-order valence-corrected chi connectivity index (χ2v) is 13.7. The molecule has 211 valence electrons. The van der Waals surface area contributed by atoms with Crippen LogP contribution in [0.5, 0.6) is 0 Å². The molecule has 2 fully saturated rings. The number of aromatic nitrogens is 2. The Balaban J connectivity index is 1.06. The standard InChI is InChI=1S/C29H31AsF3N4O3/c31-29(32,33)23-3-1-2-20(14-23)27(39)34-17-26(38)30-24-10-13-37(18-24)25-8-11-28(40,12-9-25)22-6-4-19(5-7-22)21-15-35-36-16-21/h1-7,14-16,24-25,40H,8-13,17-18H2,(H,34,39)(H,35,36). The van der Waals surface area contributed by atoms with Crippen LogP contribution in [0.1, 0.15) is 53.6 Å². The SMILES string of the molecule is O=C(CNC(=O)c1cccc(C(F)(F)F)c1)[As]C1CCN(C2CCC(O)(c3ccc(-c4cn[nH]c4)cc3)CC2)C1. The molecule has 1 saturated carbocycles. The quantitative estimate of drug-likeness (QED) is 0.327. The van der Waals surface area contributed by atoms with Crippen molar-refractivity contribution in [3.63, 3.8) is 0 Å². The van der Waals surface area contributed by atoms with E-state index in [2.05, 4.69) is 20.4 Å². The van der Waals surface area contributed by atoms with Crippen molar-refractivity contribution in [3.05, 3.63) is 77.6 Å². The maximum absolute atomic E-state index is 12.9. The summed E-state index contributed by atoms with van der Waals surface area (Å²) in [7, 11) is 0. The zero-order chi connectivity index (χ0) is 28.3. The van der Waals surface area contributed by atoms with Gasteiger partial charge in [0.25, 0.3) is 0 Å². The van der Waals surface area contributed by atoms with Crippen LogP contribution in [-0.4, -0.2) is 72.1 Å². The molecule has 1 aliphatic heterocycles. The molecule has 2 aliphatic rings. The molecule has 1 saturated heterocycles. The molecule has 0 spiro atoms. The van der Waals surface area contributed by atoms with Crippen molar-refractivity contribution in [2.75, 3.05) is 19.6 Å². The first-order chi connectivity index (χ1) is 19.1. The fourth-order valence-electron chi connectivity index (χ4n) is 5.66. The van der Waals surface area contributed by atoms with Gasteiger partial charge in [-0.1, -0.05) is 0 Å². The Kier molecular flexibility index (Phi) is 8.49. The molecule has 5 rings (SSSR count). The number of rotatable bonds is 8. The summed E-state index contributed by atoms with van der Waals surface area (Å²) in [6.45, 7) is 1.57. The van der Waals surface area contributed by atoms with Crippen molar-refractivity contribution in [3.8, 4) is 11.1 Å². The predicted molar refractivity (Wildman–Crippen MR) is 145 cm³/mol. The summed E-state index contributed by atoms with van der Waals surface area (Å²) in [6, 6.07) is 12.6. The molecule has 1 atom stereocenters. The van der Waals surface area contributed by atoms with Gasteiger partial charge in [0.2, 0.25) is 0 Å². The Bertz CT molecular complexity index is 1320. The second kappa shape index (κ2) is 11.9. The Hall–Kier alpha value is -2.94. The molecule has 1 amide bonds. The second-order valence-electron chi connectivity index (χ2n) is 10.5. The summed E-state index contributed by atoms with van der Waals surface area (Å²) < 4.78 is 39.0. The summed E-state index contributed by atoms with van der Waals surface area (Å²) in [6.07, 6.45) is 3.11. The zero-order valence-corrected chi connectivity index (χ0v) is 23.7. The maximum atomic E-state index is 12.9. The van der Waals surface area contributed by atoms with Gasteiger partial charge in [0.15, 0.2) is 0 Å². The number of hydrogen-bond acceptors (Lipinski definition) is 5. The topological polar surface area (TPSA) is 98.3 Å². The van der Waals surface area contributed by atoms with Gasteiger partial charge in [-0.25, -0.2) is 0 Å². The number of benzene rings is 2. The number of hydrogen-bond donors (Lipinski definition) is 3. The summed E-state index contributed by atoms with van der Waals surface area (Å²) in [4.78, 5) is 27.3. The first-order valence-corrected chi connectivity index (χ1v) is 15.4. The van der Waals surface area contributed by atoms with E-state index in [0.29, 0.717) is 18.9 Å². The van der Waals surface area contributed by atoms with Crippen molar-refractivity contribution < 1.29 is 27.9 Å². The molecule has 2 aromatic carbocycles. The molecule has 40 heavy (non-hydrogen) atoms. The van der Waals surface area contributed by atoms with Gasteiger partial charge in [-0.05, 0) is 0 Å². The molecule has 1 aliphatic carbocycles. The minimum absolute atomic E-state index is 0.0414. The van der Waals surface area contributed by atoms with Crippen LogP contribution in [0.25, 0.3) is 11.1 Å². The number of nitrogens with one attached hydrogen (secondary N) is 2. The first-order valence-electron chi connectivity index (χ1n) is 13.4. The number of carbonyl (C=O) groups excluding carboxylic acids is 2. The Morgan fingerprint density at radius 3 is 2.52 bits per heavy atom. The average molecular weight is 616 g/mol. The van der Waals surface area contributed by atoms with Gasteiger partial charge in [-0.2, -0.15) is 5.10 Å². The number of amides is 1. The number of carbonyl (C=O) groups is 2. The van der Waals surface area contributed by atoms with Crippen LogP contribution >= 0.6 is 0 Å². The fraction of sp³-hybridized carbons (Fsp3) is 0.414. The van der Waals surface area contributed by atoms with Gasteiger partial charge in [-0.15, -0.1) is 0 Å². The van der Waals surface area contributed by atoms with Gasteiger partial charge in [0.1, 0.15) is 0 Å². The normalized spacial score (nSPS) is 24.0.